The highest BCUT2D eigenvalue weighted by Gasteiger charge is 2.21. The van der Waals surface area contributed by atoms with Crippen molar-refractivity contribution in [3.63, 3.8) is 0 Å². The lowest BCUT2D eigenvalue weighted by Crippen LogP contribution is -2.16. The summed E-state index contributed by atoms with van der Waals surface area (Å²) in [7, 11) is -2.70. The standard InChI is InChI=1S/C20H14Cl4N2O4S/c1-30-18-8-6-12(31(28,29)26-19-14(22)3-2-4-15(19)23)10-17(18)25-20(27)13-7-5-11(21)9-16(13)24/h2-10,26H,1H3,(H,25,27). The van der Waals surface area contributed by atoms with E-state index in [4.69, 9.17) is 51.1 Å². The van der Waals surface area contributed by atoms with Gasteiger partial charge in [-0.15, -0.1) is 0 Å². The molecule has 0 heterocycles. The molecule has 0 aliphatic carbocycles. The van der Waals surface area contributed by atoms with Gasteiger partial charge in [-0.05, 0) is 48.5 Å². The molecule has 0 aliphatic heterocycles. The molecule has 162 valence electrons. The first kappa shape index (κ1) is 23.5. The minimum absolute atomic E-state index is 0.0418. The summed E-state index contributed by atoms with van der Waals surface area (Å²) in [6, 6.07) is 12.9. The van der Waals surface area contributed by atoms with Crippen LogP contribution in [-0.4, -0.2) is 21.4 Å². The molecule has 0 bridgehead atoms. The van der Waals surface area contributed by atoms with Crippen molar-refractivity contribution < 1.29 is 17.9 Å². The lowest BCUT2D eigenvalue weighted by atomic mass is 10.2. The molecule has 0 unspecified atom stereocenters. The summed E-state index contributed by atoms with van der Waals surface area (Å²) in [5.41, 5.74) is 0.314. The second-order valence-corrected chi connectivity index (χ2v) is 9.48. The molecule has 0 spiro atoms. The number of rotatable bonds is 6. The number of amides is 1. The maximum absolute atomic E-state index is 12.9. The highest BCUT2D eigenvalue weighted by molar-refractivity contribution is 7.92. The third kappa shape index (κ3) is 5.37. The number of para-hydroxylation sites is 1. The summed E-state index contributed by atoms with van der Waals surface area (Å²) in [5, 5.41) is 3.38. The van der Waals surface area contributed by atoms with E-state index >= 15 is 0 Å². The van der Waals surface area contributed by atoms with E-state index in [1.807, 2.05) is 0 Å². The van der Waals surface area contributed by atoms with Crippen molar-refractivity contribution in [3.05, 3.63) is 80.3 Å². The Hall–Kier alpha value is -2.16. The van der Waals surface area contributed by atoms with Gasteiger partial charge in [0.15, 0.2) is 0 Å². The smallest absolute Gasteiger partial charge is 0.262 e. The number of hydrogen-bond donors (Lipinski definition) is 2. The molecule has 2 N–H and O–H groups in total. The van der Waals surface area contributed by atoms with Crippen LogP contribution in [0.5, 0.6) is 5.75 Å². The van der Waals surface area contributed by atoms with Crippen LogP contribution in [0.1, 0.15) is 10.4 Å². The number of halogens is 4. The number of carbonyl (C=O) groups is 1. The monoisotopic (exact) mass is 518 g/mol. The Morgan fingerprint density at radius 3 is 2.19 bits per heavy atom. The molecular weight excluding hydrogens is 506 g/mol. The highest BCUT2D eigenvalue weighted by atomic mass is 35.5. The number of ether oxygens (including phenoxy) is 1. The fourth-order valence-electron chi connectivity index (χ4n) is 2.60. The van der Waals surface area contributed by atoms with Gasteiger partial charge in [-0.3, -0.25) is 9.52 Å². The molecule has 3 aromatic carbocycles. The Morgan fingerprint density at radius 2 is 1.58 bits per heavy atom. The normalized spacial score (nSPS) is 11.1. The highest BCUT2D eigenvalue weighted by Crippen LogP contribution is 2.34. The van der Waals surface area contributed by atoms with Gasteiger partial charge in [0, 0.05) is 5.02 Å². The minimum Gasteiger partial charge on any atom is -0.495 e. The van der Waals surface area contributed by atoms with Crippen LogP contribution in [0.25, 0.3) is 0 Å². The quantitative estimate of drug-likeness (QED) is 0.396. The molecule has 0 aromatic heterocycles. The van der Waals surface area contributed by atoms with Crippen molar-refractivity contribution in [2.24, 2.45) is 0 Å². The SMILES string of the molecule is COc1ccc(S(=O)(=O)Nc2c(Cl)cccc2Cl)cc1NC(=O)c1ccc(Cl)cc1Cl. The first-order valence-electron chi connectivity index (χ1n) is 8.53. The van der Waals surface area contributed by atoms with Gasteiger partial charge < -0.3 is 10.1 Å². The van der Waals surface area contributed by atoms with Crippen molar-refractivity contribution >= 4 is 73.7 Å². The van der Waals surface area contributed by atoms with Gasteiger partial charge in [0.1, 0.15) is 5.75 Å². The average molecular weight is 520 g/mol. The summed E-state index contributed by atoms with van der Waals surface area (Å²) in [6.07, 6.45) is 0. The fourth-order valence-corrected chi connectivity index (χ4v) is 4.83. The first-order chi connectivity index (χ1) is 14.6. The second kappa shape index (κ2) is 9.54. The van der Waals surface area contributed by atoms with Crippen molar-refractivity contribution in [2.45, 2.75) is 4.90 Å². The van der Waals surface area contributed by atoms with Crippen LogP contribution < -0.4 is 14.8 Å². The van der Waals surface area contributed by atoms with E-state index in [2.05, 4.69) is 10.0 Å². The zero-order valence-electron chi connectivity index (χ0n) is 15.7. The maximum atomic E-state index is 12.9. The van der Waals surface area contributed by atoms with Crippen LogP contribution in [-0.2, 0) is 10.0 Å². The number of benzene rings is 3. The summed E-state index contributed by atoms with van der Waals surface area (Å²) in [5.74, 6) is -0.329. The molecule has 1 amide bonds. The van der Waals surface area contributed by atoms with Gasteiger partial charge in [-0.2, -0.15) is 0 Å². The van der Waals surface area contributed by atoms with Gasteiger partial charge >= 0.3 is 0 Å². The Morgan fingerprint density at radius 1 is 0.903 bits per heavy atom. The number of sulfonamides is 1. The molecule has 31 heavy (non-hydrogen) atoms. The Kier molecular flexibility index (Phi) is 7.24. The van der Waals surface area contributed by atoms with Crippen molar-refractivity contribution in [3.8, 4) is 5.75 Å². The predicted molar refractivity (Wildman–Crippen MR) is 125 cm³/mol. The van der Waals surface area contributed by atoms with Crippen molar-refractivity contribution in [1.82, 2.24) is 0 Å². The van der Waals surface area contributed by atoms with Gasteiger partial charge in [0.25, 0.3) is 15.9 Å². The second-order valence-electron chi connectivity index (χ2n) is 6.14. The number of methoxy groups -OCH3 is 1. The number of nitrogens with one attached hydrogen (secondary N) is 2. The van der Waals surface area contributed by atoms with E-state index in [1.54, 1.807) is 6.07 Å². The van der Waals surface area contributed by atoms with Crippen LogP contribution in [0.4, 0.5) is 11.4 Å². The van der Waals surface area contributed by atoms with Gasteiger partial charge in [0.05, 0.1) is 44.0 Å². The van der Waals surface area contributed by atoms with Crippen LogP contribution in [0, 0.1) is 0 Å². The lowest BCUT2D eigenvalue weighted by molar-refractivity contribution is 0.102. The van der Waals surface area contributed by atoms with E-state index in [1.165, 1.54) is 55.6 Å². The summed E-state index contributed by atoms with van der Waals surface area (Å²) < 4.78 is 33.4. The summed E-state index contributed by atoms with van der Waals surface area (Å²) in [4.78, 5) is 12.5. The first-order valence-corrected chi connectivity index (χ1v) is 11.5. The molecule has 3 rings (SSSR count). The number of carbonyl (C=O) groups excluding carboxylic acids is 1. The van der Waals surface area contributed by atoms with E-state index in [0.29, 0.717) is 5.02 Å². The van der Waals surface area contributed by atoms with Crippen LogP contribution in [0.15, 0.2) is 59.5 Å². The van der Waals surface area contributed by atoms with E-state index in [-0.39, 0.29) is 42.7 Å². The molecule has 0 aliphatic rings. The molecule has 0 saturated heterocycles. The molecular formula is C20H14Cl4N2O4S. The van der Waals surface area contributed by atoms with E-state index < -0.39 is 15.9 Å². The summed E-state index contributed by atoms with van der Waals surface area (Å²) >= 11 is 24.0. The van der Waals surface area contributed by atoms with Gasteiger partial charge in [-0.1, -0.05) is 52.5 Å². The van der Waals surface area contributed by atoms with Crippen LogP contribution in [0.2, 0.25) is 20.1 Å². The molecule has 0 fully saturated rings. The molecule has 11 heteroatoms. The molecule has 0 radical (unpaired) electrons. The lowest BCUT2D eigenvalue weighted by Gasteiger charge is -2.15. The zero-order chi connectivity index (χ0) is 22.8. The number of anilines is 2. The van der Waals surface area contributed by atoms with Crippen LogP contribution in [0.3, 0.4) is 0 Å². The van der Waals surface area contributed by atoms with Gasteiger partial charge in [-0.25, -0.2) is 8.42 Å². The van der Waals surface area contributed by atoms with Crippen LogP contribution >= 0.6 is 46.4 Å². The average Bonchev–Trinajstić information content (AvgIpc) is 2.70. The topological polar surface area (TPSA) is 84.5 Å². The summed E-state index contributed by atoms with van der Waals surface area (Å²) in [6.45, 7) is 0. The third-order valence-corrected chi connectivity index (χ3v) is 6.63. The Labute approximate surface area is 199 Å². The number of hydrogen-bond acceptors (Lipinski definition) is 4. The Bertz CT molecular complexity index is 1250. The minimum atomic E-state index is -4.09. The molecule has 0 atom stereocenters. The zero-order valence-corrected chi connectivity index (χ0v) is 19.6. The molecule has 0 saturated carbocycles. The predicted octanol–water partition coefficient (Wildman–Crippen LogP) is 6.36. The van der Waals surface area contributed by atoms with Crippen molar-refractivity contribution in [1.29, 1.82) is 0 Å². The third-order valence-electron chi connectivity index (χ3n) is 4.10. The molecule has 3 aromatic rings. The van der Waals surface area contributed by atoms with Crippen molar-refractivity contribution in [2.75, 3.05) is 17.1 Å². The Balaban J connectivity index is 1.95. The van der Waals surface area contributed by atoms with Gasteiger partial charge in [0.2, 0.25) is 0 Å². The molecule has 6 nitrogen and oxygen atoms in total. The maximum Gasteiger partial charge on any atom is 0.262 e. The van der Waals surface area contributed by atoms with E-state index in [9.17, 15) is 13.2 Å². The fraction of sp³-hybridized carbons (Fsp3) is 0.0500. The van der Waals surface area contributed by atoms with E-state index in [0.717, 1.165) is 0 Å². The largest absolute Gasteiger partial charge is 0.495 e.